The lowest BCUT2D eigenvalue weighted by Crippen LogP contribution is -2.18. The molecule has 0 N–H and O–H groups in total. The molecule has 1 aromatic carbocycles. The predicted octanol–water partition coefficient (Wildman–Crippen LogP) is 5.48. The number of nitrogens with zero attached hydrogens (tertiary/aromatic N) is 7. The largest absolute Gasteiger partial charge is 0.479 e. The van der Waals surface area contributed by atoms with Gasteiger partial charge in [0.05, 0.1) is 24.8 Å². The highest BCUT2D eigenvalue weighted by molar-refractivity contribution is 6.31. The van der Waals surface area contributed by atoms with Gasteiger partial charge >= 0.3 is 0 Å². The fraction of sp³-hybridized carbons (Fsp3) is 0.222. The van der Waals surface area contributed by atoms with Gasteiger partial charge in [-0.05, 0) is 61.7 Å². The Morgan fingerprint density at radius 2 is 1.94 bits per heavy atom. The Morgan fingerprint density at radius 3 is 2.72 bits per heavy atom. The maximum Gasteiger partial charge on any atom is 0.238 e. The number of hydrogen-bond donors (Lipinski definition) is 0. The van der Waals surface area contributed by atoms with Crippen molar-refractivity contribution >= 4 is 11.6 Å². The van der Waals surface area contributed by atoms with Gasteiger partial charge in [-0.2, -0.15) is 0 Å². The Labute approximate surface area is 213 Å². The van der Waals surface area contributed by atoms with Crippen LogP contribution >= 0.6 is 11.6 Å². The second-order valence-electron chi connectivity index (χ2n) is 8.81. The molecule has 5 aromatic rings. The Morgan fingerprint density at radius 1 is 1.03 bits per heavy atom. The molecule has 0 saturated carbocycles. The zero-order valence-corrected chi connectivity index (χ0v) is 20.7. The summed E-state index contributed by atoms with van der Waals surface area (Å²) in [4.78, 5) is 18.5. The van der Waals surface area contributed by atoms with Crippen LogP contribution in [0.25, 0.3) is 28.5 Å². The van der Waals surface area contributed by atoms with Crippen LogP contribution in [-0.4, -0.2) is 41.4 Å². The van der Waals surface area contributed by atoms with E-state index >= 15 is 0 Å². The topological polar surface area (TPSA) is 83.5 Å². The lowest BCUT2D eigenvalue weighted by atomic mass is 9.89. The molecule has 1 atom stereocenters. The van der Waals surface area contributed by atoms with E-state index in [-0.39, 0.29) is 5.92 Å². The normalized spacial score (nSPS) is 15.0. The molecule has 8 nitrogen and oxygen atoms in total. The van der Waals surface area contributed by atoms with Crippen LogP contribution in [0.4, 0.5) is 0 Å². The van der Waals surface area contributed by atoms with E-state index in [1.807, 2.05) is 64.8 Å². The first-order chi connectivity index (χ1) is 17.6. The van der Waals surface area contributed by atoms with Crippen LogP contribution in [0, 0.1) is 6.92 Å². The molecule has 0 bridgehead atoms. The molecule has 9 heteroatoms. The molecule has 180 valence electrons. The van der Waals surface area contributed by atoms with Gasteiger partial charge in [0, 0.05) is 35.4 Å². The van der Waals surface area contributed by atoms with Crippen molar-refractivity contribution in [2.45, 2.75) is 32.2 Å². The van der Waals surface area contributed by atoms with Gasteiger partial charge in [-0.25, -0.2) is 19.6 Å². The highest BCUT2D eigenvalue weighted by Crippen LogP contribution is 2.38. The van der Waals surface area contributed by atoms with Crippen molar-refractivity contribution in [3.8, 4) is 34.3 Å². The third-order valence-electron chi connectivity index (χ3n) is 6.46. The minimum Gasteiger partial charge on any atom is -0.479 e. The summed E-state index contributed by atoms with van der Waals surface area (Å²) in [5.41, 5.74) is 5.36. The maximum absolute atomic E-state index is 6.71. The monoisotopic (exact) mass is 497 g/mol. The lowest BCUT2D eigenvalue weighted by Gasteiger charge is -2.23. The van der Waals surface area contributed by atoms with Crippen LogP contribution in [0.5, 0.6) is 5.88 Å². The molecule has 0 saturated heterocycles. The van der Waals surface area contributed by atoms with E-state index in [1.54, 1.807) is 19.6 Å². The molecule has 36 heavy (non-hydrogen) atoms. The highest BCUT2D eigenvalue weighted by atomic mass is 35.5. The number of imidazole rings is 1. The molecule has 5 heterocycles. The molecule has 6 rings (SSSR count). The number of pyridine rings is 2. The van der Waals surface area contributed by atoms with Crippen LogP contribution in [0.15, 0.2) is 67.3 Å². The van der Waals surface area contributed by atoms with Crippen LogP contribution in [0.3, 0.4) is 0 Å². The molecular formula is C27H24ClN7O. The number of aryl methyl sites for hydroxylation is 2. The predicted molar refractivity (Wildman–Crippen MR) is 137 cm³/mol. The van der Waals surface area contributed by atoms with Crippen molar-refractivity contribution in [2.75, 3.05) is 7.11 Å². The van der Waals surface area contributed by atoms with E-state index in [4.69, 9.17) is 31.4 Å². The summed E-state index contributed by atoms with van der Waals surface area (Å²) in [6.07, 6.45) is 7.41. The maximum atomic E-state index is 6.71. The minimum absolute atomic E-state index is 0.0336. The number of rotatable bonds is 5. The second-order valence-corrected chi connectivity index (χ2v) is 9.22. The molecule has 1 aliphatic rings. The second kappa shape index (κ2) is 9.20. The summed E-state index contributed by atoms with van der Waals surface area (Å²) >= 11 is 6.71. The van der Waals surface area contributed by atoms with E-state index in [2.05, 4.69) is 16.0 Å². The summed E-state index contributed by atoms with van der Waals surface area (Å²) in [7, 11) is 1.61. The Kier molecular flexibility index (Phi) is 5.73. The van der Waals surface area contributed by atoms with Crippen molar-refractivity contribution in [1.29, 1.82) is 0 Å². The molecule has 0 spiro atoms. The van der Waals surface area contributed by atoms with Gasteiger partial charge in [0.25, 0.3) is 0 Å². The summed E-state index contributed by atoms with van der Waals surface area (Å²) in [6.45, 7) is 2.75. The molecule has 1 aliphatic heterocycles. The zero-order valence-electron chi connectivity index (χ0n) is 20.0. The van der Waals surface area contributed by atoms with E-state index in [9.17, 15) is 0 Å². The average Bonchev–Trinajstić information content (AvgIpc) is 3.55. The lowest BCUT2D eigenvalue weighted by molar-refractivity contribution is 0.396. The van der Waals surface area contributed by atoms with Crippen molar-refractivity contribution in [1.82, 2.24) is 34.3 Å². The molecule has 0 amide bonds. The SMILES string of the molecule is COc1nc(-c2nc3n(n2)CCC[C@H]3c2cc(-c3ccccn3)ccc2Cl)ccc1-n1cnc(C)c1. The van der Waals surface area contributed by atoms with Crippen LogP contribution in [0.1, 0.15) is 35.8 Å². The summed E-state index contributed by atoms with van der Waals surface area (Å²) in [5, 5.41) is 5.52. The quantitative estimate of drug-likeness (QED) is 0.319. The Bertz CT molecular complexity index is 1540. The minimum atomic E-state index is 0.0336. The number of methoxy groups -OCH3 is 1. The summed E-state index contributed by atoms with van der Waals surface area (Å²) < 4.78 is 9.46. The third-order valence-corrected chi connectivity index (χ3v) is 6.80. The number of ether oxygens (including phenoxy) is 1. The molecule has 0 aliphatic carbocycles. The highest BCUT2D eigenvalue weighted by Gasteiger charge is 2.28. The van der Waals surface area contributed by atoms with Gasteiger partial charge in [0.1, 0.15) is 17.2 Å². The van der Waals surface area contributed by atoms with E-state index in [0.29, 0.717) is 17.4 Å². The first kappa shape index (κ1) is 22.4. The molecule has 4 aromatic heterocycles. The van der Waals surface area contributed by atoms with Crippen LogP contribution in [-0.2, 0) is 6.54 Å². The van der Waals surface area contributed by atoms with E-state index in [0.717, 1.165) is 58.4 Å². The first-order valence-electron chi connectivity index (χ1n) is 11.8. The molecule has 0 fully saturated rings. The van der Waals surface area contributed by atoms with Crippen molar-refractivity contribution in [2.24, 2.45) is 0 Å². The van der Waals surface area contributed by atoms with E-state index < -0.39 is 0 Å². The van der Waals surface area contributed by atoms with E-state index in [1.165, 1.54) is 0 Å². The van der Waals surface area contributed by atoms with Gasteiger partial charge in [0.2, 0.25) is 5.88 Å². The summed E-state index contributed by atoms with van der Waals surface area (Å²) in [6, 6.07) is 15.8. The van der Waals surface area contributed by atoms with Crippen LogP contribution < -0.4 is 4.74 Å². The Balaban J connectivity index is 1.38. The number of hydrogen-bond acceptors (Lipinski definition) is 6. The number of fused-ring (bicyclic) bond motifs is 1. The number of halogens is 1. The number of aromatic nitrogens is 7. The Hall–Kier alpha value is -4.04. The van der Waals surface area contributed by atoms with Crippen molar-refractivity contribution in [3.05, 3.63) is 89.4 Å². The van der Waals surface area contributed by atoms with Crippen LogP contribution in [0.2, 0.25) is 5.02 Å². The third kappa shape index (κ3) is 4.03. The smallest absolute Gasteiger partial charge is 0.238 e. The van der Waals surface area contributed by atoms with Gasteiger partial charge in [0.15, 0.2) is 5.82 Å². The number of benzene rings is 1. The standard InChI is InChI=1S/C27H24ClN7O/c1-17-15-34(16-30-17)24-11-10-23(31-27(24)36-2)25-32-26-19(6-5-13-35(26)33-25)20-14-18(8-9-21(20)28)22-7-3-4-12-29-22/h3-4,7-12,14-16,19H,5-6,13H2,1-2H3/t19-/m0/s1. The van der Waals surface area contributed by atoms with Gasteiger partial charge < -0.3 is 9.30 Å². The van der Waals surface area contributed by atoms with Gasteiger partial charge in [-0.1, -0.05) is 23.7 Å². The molecule has 0 radical (unpaired) electrons. The zero-order chi connectivity index (χ0) is 24.6. The fourth-order valence-electron chi connectivity index (χ4n) is 4.71. The fourth-order valence-corrected chi connectivity index (χ4v) is 4.96. The summed E-state index contributed by atoms with van der Waals surface area (Å²) in [5.74, 6) is 1.98. The van der Waals surface area contributed by atoms with Crippen molar-refractivity contribution < 1.29 is 4.74 Å². The van der Waals surface area contributed by atoms with Gasteiger partial charge in [-0.15, -0.1) is 5.10 Å². The average molecular weight is 498 g/mol. The van der Waals surface area contributed by atoms with Crippen molar-refractivity contribution in [3.63, 3.8) is 0 Å². The molecule has 0 unspecified atom stereocenters. The molecular weight excluding hydrogens is 474 g/mol. The van der Waals surface area contributed by atoms with Gasteiger partial charge in [-0.3, -0.25) is 4.98 Å². The first-order valence-corrected chi connectivity index (χ1v) is 12.2.